The Kier molecular flexibility index (Phi) is 4.70. The van der Waals surface area contributed by atoms with Crippen LogP contribution in [0.4, 0.5) is 13.2 Å². The van der Waals surface area contributed by atoms with Crippen molar-refractivity contribution in [1.29, 1.82) is 0 Å². The third-order valence-electron chi connectivity index (χ3n) is 4.04. The fraction of sp³-hybridized carbons (Fsp3) is 0.600. The lowest BCUT2D eigenvalue weighted by molar-refractivity contribution is -0.188. The molecule has 0 spiro atoms. The second-order valence-electron chi connectivity index (χ2n) is 5.54. The van der Waals surface area contributed by atoms with Crippen molar-refractivity contribution in [3.63, 3.8) is 0 Å². The first kappa shape index (κ1) is 15.3. The van der Waals surface area contributed by atoms with Gasteiger partial charge in [0.25, 0.3) is 0 Å². The third kappa shape index (κ3) is 3.52. The first-order valence-corrected chi connectivity index (χ1v) is 6.99. The van der Waals surface area contributed by atoms with Crippen LogP contribution in [-0.4, -0.2) is 30.7 Å². The zero-order valence-corrected chi connectivity index (χ0v) is 11.7. The number of hydrogen-bond donors (Lipinski definition) is 1. The molecule has 2 unspecified atom stereocenters. The van der Waals surface area contributed by atoms with Gasteiger partial charge in [0.15, 0.2) is 0 Å². The molecule has 1 fully saturated rings. The summed E-state index contributed by atoms with van der Waals surface area (Å²) in [7, 11) is 0. The average Bonchev–Trinajstić information content (AvgIpc) is 2.41. The normalized spacial score (nSPS) is 22.8. The molecule has 1 aromatic carbocycles. The second-order valence-corrected chi connectivity index (χ2v) is 5.54. The topological polar surface area (TPSA) is 29.3 Å². The van der Waals surface area contributed by atoms with Gasteiger partial charge in [-0.2, -0.15) is 13.2 Å². The summed E-state index contributed by atoms with van der Waals surface area (Å²) in [5, 5.41) is 0. The van der Waals surface area contributed by atoms with Crippen LogP contribution in [0.25, 0.3) is 0 Å². The van der Waals surface area contributed by atoms with Crippen molar-refractivity contribution in [2.45, 2.75) is 32.0 Å². The molecule has 1 aliphatic heterocycles. The summed E-state index contributed by atoms with van der Waals surface area (Å²) in [6.07, 6.45) is -3.30. The van der Waals surface area contributed by atoms with Crippen LogP contribution in [0, 0.1) is 12.8 Å². The number of halogens is 3. The van der Waals surface area contributed by atoms with Crippen LogP contribution in [0.3, 0.4) is 0 Å². The zero-order valence-electron chi connectivity index (χ0n) is 11.7. The van der Waals surface area contributed by atoms with Crippen LogP contribution in [-0.2, 0) is 0 Å². The summed E-state index contributed by atoms with van der Waals surface area (Å²) in [6, 6.07) is 7.75. The lowest BCUT2D eigenvalue weighted by Gasteiger charge is -2.38. The largest absolute Gasteiger partial charge is 0.393 e. The van der Waals surface area contributed by atoms with Gasteiger partial charge in [-0.15, -0.1) is 0 Å². The van der Waals surface area contributed by atoms with Crippen LogP contribution < -0.4 is 5.73 Å². The van der Waals surface area contributed by atoms with Crippen molar-refractivity contribution in [1.82, 2.24) is 4.90 Å². The molecule has 0 amide bonds. The first-order chi connectivity index (χ1) is 9.41. The Labute approximate surface area is 117 Å². The van der Waals surface area contributed by atoms with Gasteiger partial charge in [-0.3, -0.25) is 4.90 Å². The molecule has 0 aromatic heterocycles. The van der Waals surface area contributed by atoms with Crippen LogP contribution in [0.5, 0.6) is 0 Å². The molecule has 1 aromatic rings. The quantitative estimate of drug-likeness (QED) is 0.924. The predicted molar refractivity (Wildman–Crippen MR) is 73.3 cm³/mol. The second kappa shape index (κ2) is 6.14. The number of rotatable bonds is 3. The number of piperidine rings is 1. The van der Waals surface area contributed by atoms with E-state index in [0.717, 1.165) is 11.1 Å². The summed E-state index contributed by atoms with van der Waals surface area (Å²) < 4.78 is 38.6. The highest BCUT2D eigenvalue weighted by Gasteiger charge is 2.42. The summed E-state index contributed by atoms with van der Waals surface area (Å²) >= 11 is 0. The van der Waals surface area contributed by atoms with Gasteiger partial charge in [0.2, 0.25) is 0 Å². The molecule has 1 heterocycles. The molecule has 0 radical (unpaired) electrons. The van der Waals surface area contributed by atoms with Gasteiger partial charge in [0.1, 0.15) is 0 Å². The summed E-state index contributed by atoms with van der Waals surface area (Å²) in [6.45, 7) is 3.07. The molecule has 20 heavy (non-hydrogen) atoms. The first-order valence-electron chi connectivity index (χ1n) is 6.99. The Hall–Kier alpha value is -1.07. The Balaban J connectivity index is 2.13. The van der Waals surface area contributed by atoms with E-state index in [1.165, 1.54) is 0 Å². The SMILES string of the molecule is Cc1ccc(C(CN)N2CCCC(C(F)(F)F)C2)cc1. The summed E-state index contributed by atoms with van der Waals surface area (Å²) in [4.78, 5) is 1.88. The number of benzene rings is 1. The van der Waals surface area contributed by atoms with Crippen molar-refractivity contribution >= 4 is 0 Å². The monoisotopic (exact) mass is 286 g/mol. The minimum absolute atomic E-state index is 0.0548. The minimum atomic E-state index is -4.11. The summed E-state index contributed by atoms with van der Waals surface area (Å²) in [5.74, 6) is -1.23. The number of nitrogens with zero attached hydrogens (tertiary/aromatic N) is 1. The van der Waals surface area contributed by atoms with Crippen molar-refractivity contribution in [2.75, 3.05) is 19.6 Å². The van der Waals surface area contributed by atoms with Crippen molar-refractivity contribution < 1.29 is 13.2 Å². The molecular weight excluding hydrogens is 265 g/mol. The van der Waals surface area contributed by atoms with Gasteiger partial charge in [0.05, 0.1) is 5.92 Å². The molecule has 2 rings (SSSR count). The number of alkyl halides is 3. The molecule has 0 saturated carbocycles. The van der Waals surface area contributed by atoms with E-state index in [9.17, 15) is 13.2 Å². The van der Waals surface area contributed by atoms with Gasteiger partial charge in [0, 0.05) is 19.1 Å². The molecule has 0 aliphatic carbocycles. The van der Waals surface area contributed by atoms with E-state index in [1.807, 2.05) is 36.1 Å². The van der Waals surface area contributed by atoms with Gasteiger partial charge in [-0.25, -0.2) is 0 Å². The maximum Gasteiger partial charge on any atom is 0.393 e. The maximum absolute atomic E-state index is 12.9. The average molecular weight is 286 g/mol. The van der Waals surface area contributed by atoms with E-state index in [1.54, 1.807) is 0 Å². The van der Waals surface area contributed by atoms with E-state index in [4.69, 9.17) is 5.73 Å². The number of hydrogen-bond acceptors (Lipinski definition) is 2. The summed E-state index contributed by atoms with van der Waals surface area (Å²) in [5.41, 5.74) is 7.94. The van der Waals surface area contributed by atoms with E-state index in [2.05, 4.69) is 0 Å². The fourth-order valence-electron chi connectivity index (χ4n) is 2.84. The number of aryl methyl sites for hydroxylation is 1. The molecule has 2 N–H and O–H groups in total. The highest BCUT2D eigenvalue weighted by atomic mass is 19.4. The van der Waals surface area contributed by atoms with Crippen LogP contribution >= 0.6 is 0 Å². The van der Waals surface area contributed by atoms with Crippen LogP contribution in [0.1, 0.15) is 30.0 Å². The minimum Gasteiger partial charge on any atom is -0.329 e. The highest BCUT2D eigenvalue weighted by Crippen LogP contribution is 2.35. The lowest BCUT2D eigenvalue weighted by atomic mass is 9.94. The van der Waals surface area contributed by atoms with Crippen molar-refractivity contribution in [3.05, 3.63) is 35.4 Å². The van der Waals surface area contributed by atoms with Crippen molar-refractivity contribution in [3.8, 4) is 0 Å². The Bertz CT molecular complexity index is 428. The number of nitrogens with two attached hydrogens (primary N) is 1. The smallest absolute Gasteiger partial charge is 0.329 e. The Morgan fingerprint density at radius 1 is 1.30 bits per heavy atom. The van der Waals surface area contributed by atoms with E-state index < -0.39 is 12.1 Å². The standard InChI is InChI=1S/C15H21F3N2/c1-11-4-6-12(7-5-11)14(9-19)20-8-2-3-13(10-20)15(16,17)18/h4-7,13-14H,2-3,8-10,19H2,1H3. The molecule has 0 bridgehead atoms. The maximum atomic E-state index is 12.9. The fourth-order valence-corrected chi connectivity index (χ4v) is 2.84. The molecule has 1 saturated heterocycles. The van der Waals surface area contributed by atoms with Crippen molar-refractivity contribution in [2.24, 2.45) is 11.7 Å². The van der Waals surface area contributed by atoms with Gasteiger partial charge in [-0.1, -0.05) is 29.8 Å². The molecule has 5 heteroatoms. The van der Waals surface area contributed by atoms with Gasteiger partial charge < -0.3 is 5.73 Å². The lowest BCUT2D eigenvalue weighted by Crippen LogP contribution is -2.45. The molecular formula is C15H21F3N2. The van der Waals surface area contributed by atoms with Gasteiger partial charge >= 0.3 is 6.18 Å². The van der Waals surface area contributed by atoms with Crippen LogP contribution in [0.2, 0.25) is 0 Å². The van der Waals surface area contributed by atoms with E-state index >= 15 is 0 Å². The zero-order chi connectivity index (χ0) is 14.8. The predicted octanol–water partition coefficient (Wildman–Crippen LogP) is 3.27. The molecule has 1 aliphatic rings. The Morgan fingerprint density at radius 3 is 2.50 bits per heavy atom. The van der Waals surface area contributed by atoms with E-state index in [-0.39, 0.29) is 19.0 Å². The third-order valence-corrected chi connectivity index (χ3v) is 4.04. The Morgan fingerprint density at radius 2 is 1.95 bits per heavy atom. The highest BCUT2D eigenvalue weighted by molar-refractivity contribution is 5.24. The van der Waals surface area contributed by atoms with Gasteiger partial charge in [-0.05, 0) is 31.9 Å². The number of likely N-dealkylation sites (tertiary alicyclic amines) is 1. The van der Waals surface area contributed by atoms with E-state index in [0.29, 0.717) is 19.5 Å². The van der Waals surface area contributed by atoms with Crippen LogP contribution in [0.15, 0.2) is 24.3 Å². The molecule has 2 nitrogen and oxygen atoms in total. The molecule has 112 valence electrons. The molecule has 2 atom stereocenters.